The van der Waals surface area contributed by atoms with Gasteiger partial charge in [-0.05, 0) is 26.7 Å². The minimum Gasteiger partial charge on any atom is -0.355 e. The molecule has 1 aromatic rings. The van der Waals surface area contributed by atoms with Gasteiger partial charge in [-0.25, -0.2) is 0 Å². The molecule has 0 aromatic carbocycles. The predicted octanol–water partition coefficient (Wildman–Crippen LogP) is 2.95. The lowest BCUT2D eigenvalue weighted by Gasteiger charge is -2.32. The van der Waals surface area contributed by atoms with E-state index in [1.165, 1.54) is 37.9 Å². The van der Waals surface area contributed by atoms with Gasteiger partial charge in [0.25, 0.3) is 0 Å². The van der Waals surface area contributed by atoms with Crippen LogP contribution >= 0.6 is 0 Å². The van der Waals surface area contributed by atoms with E-state index in [9.17, 15) is 0 Å². The highest BCUT2D eigenvalue weighted by atomic mass is 15.4. The molecule has 0 saturated heterocycles. The van der Waals surface area contributed by atoms with Crippen molar-refractivity contribution in [2.24, 2.45) is 0 Å². The third kappa shape index (κ3) is 2.31. The zero-order chi connectivity index (χ0) is 12.3. The lowest BCUT2D eigenvalue weighted by molar-refractivity contribution is 0.294. The maximum Gasteiger partial charge on any atom is 0.224 e. The lowest BCUT2D eigenvalue weighted by Crippen LogP contribution is -2.29. The van der Waals surface area contributed by atoms with Gasteiger partial charge >= 0.3 is 0 Å². The Morgan fingerprint density at radius 3 is 2.47 bits per heavy atom. The van der Waals surface area contributed by atoms with Gasteiger partial charge in [0.15, 0.2) is 0 Å². The van der Waals surface area contributed by atoms with Crippen LogP contribution in [0.15, 0.2) is 0 Å². The summed E-state index contributed by atoms with van der Waals surface area (Å²) in [4.78, 5) is 0. The van der Waals surface area contributed by atoms with Crippen LogP contribution in [0.25, 0.3) is 0 Å². The van der Waals surface area contributed by atoms with E-state index in [0.29, 0.717) is 0 Å². The van der Waals surface area contributed by atoms with Gasteiger partial charge in [0.1, 0.15) is 5.82 Å². The first-order valence-electron chi connectivity index (χ1n) is 6.89. The van der Waals surface area contributed by atoms with Crippen molar-refractivity contribution in [1.82, 2.24) is 14.8 Å². The molecule has 0 unspecified atom stereocenters. The van der Waals surface area contributed by atoms with E-state index in [1.807, 2.05) is 0 Å². The fourth-order valence-electron chi connectivity index (χ4n) is 2.89. The second-order valence-electron chi connectivity index (χ2n) is 5.24. The summed E-state index contributed by atoms with van der Waals surface area (Å²) >= 11 is 0. The predicted molar refractivity (Wildman–Crippen MR) is 70.3 cm³/mol. The molecule has 1 fully saturated rings. The van der Waals surface area contributed by atoms with Crippen molar-refractivity contribution in [1.29, 1.82) is 0 Å². The second-order valence-corrected chi connectivity index (χ2v) is 5.24. The molecule has 17 heavy (non-hydrogen) atoms. The first kappa shape index (κ1) is 12.4. The third-order valence-electron chi connectivity index (χ3n) is 3.90. The summed E-state index contributed by atoms with van der Waals surface area (Å²) in [5.41, 5.74) is 0.231. The standard InChI is InChI=1S/C13H24N4/c1-4-14-12-16-15-11(17(12)5-2)13(3)9-7-6-8-10-13/h4-10H2,1-3H3,(H,14,16). The van der Waals surface area contributed by atoms with Crippen LogP contribution in [0, 0.1) is 0 Å². The molecule has 4 heteroatoms. The fraction of sp³-hybridized carbons (Fsp3) is 0.846. The normalized spacial score (nSPS) is 19.2. The molecule has 0 spiro atoms. The Kier molecular flexibility index (Phi) is 3.69. The van der Waals surface area contributed by atoms with Crippen LogP contribution in [0.2, 0.25) is 0 Å². The lowest BCUT2D eigenvalue weighted by atomic mass is 9.75. The molecule has 0 aliphatic heterocycles. The van der Waals surface area contributed by atoms with Gasteiger partial charge in [-0.15, -0.1) is 10.2 Å². The van der Waals surface area contributed by atoms with Crippen molar-refractivity contribution >= 4 is 5.95 Å². The Hall–Kier alpha value is -1.06. The summed E-state index contributed by atoms with van der Waals surface area (Å²) < 4.78 is 2.24. The average molecular weight is 236 g/mol. The van der Waals surface area contributed by atoms with E-state index in [-0.39, 0.29) is 5.41 Å². The van der Waals surface area contributed by atoms with Crippen LogP contribution < -0.4 is 5.32 Å². The number of anilines is 1. The Labute approximate surface area is 104 Å². The Morgan fingerprint density at radius 2 is 1.88 bits per heavy atom. The quantitative estimate of drug-likeness (QED) is 0.874. The molecule has 1 aliphatic rings. The van der Waals surface area contributed by atoms with E-state index in [1.54, 1.807) is 0 Å². The molecule has 0 bridgehead atoms. The Bertz CT molecular complexity index is 363. The molecule has 0 amide bonds. The van der Waals surface area contributed by atoms with Gasteiger partial charge in [-0.1, -0.05) is 26.2 Å². The molecule has 2 rings (SSSR count). The molecule has 0 atom stereocenters. The number of rotatable bonds is 4. The van der Waals surface area contributed by atoms with Crippen LogP contribution in [0.4, 0.5) is 5.95 Å². The van der Waals surface area contributed by atoms with Crippen molar-refractivity contribution < 1.29 is 0 Å². The van der Waals surface area contributed by atoms with E-state index < -0.39 is 0 Å². The molecule has 0 radical (unpaired) electrons. The third-order valence-corrected chi connectivity index (χ3v) is 3.90. The van der Waals surface area contributed by atoms with Gasteiger partial charge < -0.3 is 5.32 Å². The summed E-state index contributed by atoms with van der Waals surface area (Å²) in [7, 11) is 0. The Morgan fingerprint density at radius 1 is 1.18 bits per heavy atom. The summed E-state index contributed by atoms with van der Waals surface area (Å²) in [6.07, 6.45) is 6.51. The molecule has 1 saturated carbocycles. The van der Waals surface area contributed by atoms with Crippen LogP contribution in [0.5, 0.6) is 0 Å². The minimum atomic E-state index is 0.231. The molecule has 1 N–H and O–H groups in total. The fourth-order valence-corrected chi connectivity index (χ4v) is 2.89. The molecule has 4 nitrogen and oxygen atoms in total. The van der Waals surface area contributed by atoms with Crippen molar-refractivity contribution in [2.75, 3.05) is 11.9 Å². The van der Waals surface area contributed by atoms with Crippen molar-refractivity contribution in [3.05, 3.63) is 5.82 Å². The first-order valence-corrected chi connectivity index (χ1v) is 6.89. The van der Waals surface area contributed by atoms with Crippen LogP contribution in [0.3, 0.4) is 0 Å². The first-order chi connectivity index (χ1) is 8.21. The van der Waals surface area contributed by atoms with Crippen LogP contribution in [0.1, 0.15) is 58.7 Å². The van der Waals surface area contributed by atoms with Gasteiger partial charge in [-0.3, -0.25) is 4.57 Å². The highest BCUT2D eigenvalue weighted by Crippen LogP contribution is 2.38. The van der Waals surface area contributed by atoms with E-state index in [0.717, 1.165) is 19.0 Å². The number of nitrogens with zero attached hydrogens (tertiary/aromatic N) is 3. The molecular formula is C13H24N4. The van der Waals surface area contributed by atoms with Gasteiger partial charge in [0.05, 0.1) is 0 Å². The van der Waals surface area contributed by atoms with Crippen molar-refractivity contribution in [2.45, 2.75) is 64.8 Å². The monoisotopic (exact) mass is 236 g/mol. The number of hydrogen-bond donors (Lipinski definition) is 1. The Balaban J connectivity index is 2.30. The summed E-state index contributed by atoms with van der Waals surface area (Å²) in [6.45, 7) is 8.45. The SMILES string of the molecule is CCNc1nnc(C2(C)CCCCC2)n1CC. The largest absolute Gasteiger partial charge is 0.355 e. The highest BCUT2D eigenvalue weighted by Gasteiger charge is 2.34. The summed E-state index contributed by atoms with van der Waals surface area (Å²) in [5, 5.41) is 12.0. The highest BCUT2D eigenvalue weighted by molar-refractivity contribution is 5.28. The maximum atomic E-state index is 4.45. The second kappa shape index (κ2) is 5.07. The summed E-state index contributed by atoms with van der Waals surface area (Å²) in [6, 6.07) is 0. The van der Waals surface area contributed by atoms with E-state index in [4.69, 9.17) is 0 Å². The van der Waals surface area contributed by atoms with Crippen molar-refractivity contribution in [3.63, 3.8) is 0 Å². The van der Waals surface area contributed by atoms with E-state index >= 15 is 0 Å². The van der Waals surface area contributed by atoms with Crippen molar-refractivity contribution in [3.8, 4) is 0 Å². The van der Waals surface area contributed by atoms with E-state index in [2.05, 4.69) is 40.9 Å². The van der Waals surface area contributed by atoms with Crippen LogP contribution in [-0.2, 0) is 12.0 Å². The minimum absolute atomic E-state index is 0.231. The zero-order valence-corrected chi connectivity index (χ0v) is 11.3. The molecule has 1 aromatic heterocycles. The smallest absolute Gasteiger partial charge is 0.224 e. The number of hydrogen-bond acceptors (Lipinski definition) is 3. The average Bonchev–Trinajstić information content (AvgIpc) is 2.74. The maximum absolute atomic E-state index is 4.45. The van der Waals surface area contributed by atoms with Gasteiger partial charge in [-0.2, -0.15) is 0 Å². The molecule has 1 aliphatic carbocycles. The number of aromatic nitrogens is 3. The zero-order valence-electron chi connectivity index (χ0n) is 11.3. The van der Waals surface area contributed by atoms with Gasteiger partial charge in [0.2, 0.25) is 5.95 Å². The van der Waals surface area contributed by atoms with Gasteiger partial charge in [0, 0.05) is 18.5 Å². The van der Waals surface area contributed by atoms with Crippen LogP contribution in [-0.4, -0.2) is 21.3 Å². The molecule has 96 valence electrons. The number of nitrogens with one attached hydrogen (secondary N) is 1. The topological polar surface area (TPSA) is 42.7 Å². The summed E-state index contributed by atoms with van der Waals surface area (Å²) in [5.74, 6) is 2.10. The molecular weight excluding hydrogens is 212 g/mol. The molecule has 1 heterocycles.